The molecule has 0 aliphatic rings. The maximum Gasteiger partial charge on any atom is 0.343 e. The van der Waals surface area contributed by atoms with Gasteiger partial charge in [-0.15, -0.1) is 0 Å². The van der Waals surface area contributed by atoms with E-state index >= 15 is 0 Å². The Morgan fingerprint density at radius 1 is 0.973 bits per heavy atom. The molecule has 0 aliphatic carbocycles. The average molecular weight is 493 g/mol. The van der Waals surface area contributed by atoms with Crippen molar-refractivity contribution < 1.29 is 9.53 Å². The minimum Gasteiger partial charge on any atom is -0.462 e. The summed E-state index contributed by atoms with van der Waals surface area (Å²) >= 11 is 0. The lowest BCUT2D eigenvalue weighted by Gasteiger charge is -2.16. The number of anilines is 2. The fourth-order valence-electron chi connectivity index (χ4n) is 4.40. The van der Waals surface area contributed by atoms with Gasteiger partial charge in [0.25, 0.3) is 0 Å². The van der Waals surface area contributed by atoms with Gasteiger partial charge in [0.05, 0.1) is 18.3 Å². The summed E-state index contributed by atoms with van der Waals surface area (Å²) in [7, 11) is 0. The van der Waals surface area contributed by atoms with Crippen LogP contribution < -0.4 is 5.32 Å². The summed E-state index contributed by atoms with van der Waals surface area (Å²) < 4.78 is 6.97. The van der Waals surface area contributed by atoms with Gasteiger partial charge < -0.3 is 10.1 Å². The SMILES string of the molecule is CCOC(=O)c1cnn(-c2cc(C)c3ccccc3n2)c1Nc1nc(C)nc(C)c1Cc1ccccc1. The van der Waals surface area contributed by atoms with E-state index in [9.17, 15) is 4.79 Å². The Labute approximate surface area is 215 Å². The topological polar surface area (TPSA) is 94.8 Å². The molecule has 0 aliphatic heterocycles. The van der Waals surface area contributed by atoms with Crippen molar-refractivity contribution in [2.45, 2.75) is 34.1 Å². The predicted molar refractivity (Wildman–Crippen MR) is 144 cm³/mol. The van der Waals surface area contributed by atoms with Gasteiger partial charge >= 0.3 is 5.97 Å². The lowest BCUT2D eigenvalue weighted by Crippen LogP contribution is -2.13. The van der Waals surface area contributed by atoms with E-state index in [-0.39, 0.29) is 6.61 Å². The Balaban J connectivity index is 1.65. The molecule has 0 saturated heterocycles. The lowest BCUT2D eigenvalue weighted by molar-refractivity contribution is 0.0527. The summed E-state index contributed by atoms with van der Waals surface area (Å²) in [5.41, 5.74) is 5.12. The highest BCUT2D eigenvalue weighted by atomic mass is 16.5. The van der Waals surface area contributed by atoms with Gasteiger partial charge in [0.2, 0.25) is 0 Å². The van der Waals surface area contributed by atoms with Gasteiger partial charge in [0, 0.05) is 23.1 Å². The van der Waals surface area contributed by atoms with Crippen LogP contribution >= 0.6 is 0 Å². The molecular formula is C29H28N6O2. The van der Waals surface area contributed by atoms with E-state index < -0.39 is 5.97 Å². The van der Waals surface area contributed by atoms with Crippen LogP contribution in [0.4, 0.5) is 11.6 Å². The van der Waals surface area contributed by atoms with Crippen LogP contribution in [-0.2, 0) is 11.2 Å². The predicted octanol–water partition coefficient (Wildman–Crippen LogP) is 5.65. The largest absolute Gasteiger partial charge is 0.462 e. The number of rotatable bonds is 7. The fraction of sp³-hybridized carbons (Fsp3) is 0.207. The number of hydrogen-bond donors (Lipinski definition) is 1. The zero-order valence-electron chi connectivity index (χ0n) is 21.3. The highest BCUT2D eigenvalue weighted by Gasteiger charge is 2.23. The smallest absolute Gasteiger partial charge is 0.343 e. The first-order valence-corrected chi connectivity index (χ1v) is 12.2. The minimum absolute atomic E-state index is 0.252. The van der Waals surface area contributed by atoms with Crippen molar-refractivity contribution in [1.82, 2.24) is 24.7 Å². The summed E-state index contributed by atoms with van der Waals surface area (Å²) in [6.07, 6.45) is 2.13. The molecule has 0 unspecified atom stereocenters. The van der Waals surface area contributed by atoms with Gasteiger partial charge in [-0.1, -0.05) is 48.5 Å². The fourth-order valence-corrected chi connectivity index (χ4v) is 4.40. The molecule has 186 valence electrons. The first kappa shape index (κ1) is 24.1. The number of aryl methyl sites for hydroxylation is 3. The molecule has 0 spiro atoms. The average Bonchev–Trinajstić information content (AvgIpc) is 3.30. The third-order valence-corrected chi connectivity index (χ3v) is 6.18. The summed E-state index contributed by atoms with van der Waals surface area (Å²) in [6.45, 7) is 7.88. The number of nitrogens with zero attached hydrogens (tertiary/aromatic N) is 5. The zero-order valence-corrected chi connectivity index (χ0v) is 21.3. The molecule has 0 bridgehead atoms. The number of nitrogens with one attached hydrogen (secondary N) is 1. The maximum absolute atomic E-state index is 12.9. The van der Waals surface area contributed by atoms with Gasteiger partial charge in [-0.05, 0) is 51.0 Å². The number of carbonyl (C=O) groups excluding carboxylic acids is 1. The Bertz CT molecular complexity index is 1590. The summed E-state index contributed by atoms with van der Waals surface area (Å²) in [5, 5.41) is 9.01. The van der Waals surface area contributed by atoms with Crippen LogP contribution in [0.15, 0.2) is 66.9 Å². The number of carbonyl (C=O) groups is 1. The van der Waals surface area contributed by atoms with Crippen molar-refractivity contribution in [3.05, 3.63) is 101 Å². The molecule has 8 nitrogen and oxygen atoms in total. The molecule has 37 heavy (non-hydrogen) atoms. The van der Waals surface area contributed by atoms with Crippen molar-refractivity contribution in [2.24, 2.45) is 0 Å². The second-order valence-corrected chi connectivity index (χ2v) is 8.82. The molecule has 0 radical (unpaired) electrons. The summed E-state index contributed by atoms with van der Waals surface area (Å²) in [4.78, 5) is 27.1. The quantitative estimate of drug-likeness (QED) is 0.294. The second-order valence-electron chi connectivity index (χ2n) is 8.82. The number of pyridine rings is 1. The van der Waals surface area contributed by atoms with Crippen LogP contribution in [-0.4, -0.2) is 37.3 Å². The number of ether oxygens (including phenoxy) is 1. The molecule has 8 heteroatoms. The standard InChI is InChI=1S/C29H28N6O2/c1-5-37-29(36)24-17-30-35(26-15-18(2)22-13-9-10-14-25(22)33-26)28(24)34-27-23(19(3)31-20(4)32-27)16-21-11-7-6-8-12-21/h6-15,17H,5,16H2,1-4H3,(H,31,32,34). The highest BCUT2D eigenvalue weighted by molar-refractivity contribution is 5.96. The number of esters is 1. The Morgan fingerprint density at radius 3 is 2.51 bits per heavy atom. The number of para-hydroxylation sites is 1. The van der Waals surface area contributed by atoms with E-state index in [4.69, 9.17) is 14.7 Å². The van der Waals surface area contributed by atoms with E-state index in [1.165, 1.54) is 6.20 Å². The van der Waals surface area contributed by atoms with Crippen molar-refractivity contribution in [2.75, 3.05) is 11.9 Å². The van der Waals surface area contributed by atoms with Crippen molar-refractivity contribution in [1.29, 1.82) is 0 Å². The monoisotopic (exact) mass is 492 g/mol. The van der Waals surface area contributed by atoms with Crippen LogP contribution in [0.2, 0.25) is 0 Å². The van der Waals surface area contributed by atoms with E-state index in [1.807, 2.05) is 69.3 Å². The molecule has 5 rings (SSSR count). The molecule has 0 amide bonds. The zero-order chi connectivity index (χ0) is 25.9. The summed E-state index contributed by atoms with van der Waals surface area (Å²) in [6, 6.07) is 20.0. The van der Waals surface area contributed by atoms with Gasteiger partial charge in [0.1, 0.15) is 17.2 Å². The molecule has 1 N–H and O–H groups in total. The molecular weight excluding hydrogens is 464 g/mol. The molecule has 3 aromatic heterocycles. The van der Waals surface area contributed by atoms with Crippen LogP contribution in [0.3, 0.4) is 0 Å². The third kappa shape index (κ3) is 4.91. The van der Waals surface area contributed by atoms with Gasteiger partial charge in [-0.2, -0.15) is 9.78 Å². The number of fused-ring (bicyclic) bond motifs is 1. The molecule has 0 saturated carbocycles. The van der Waals surface area contributed by atoms with Crippen molar-refractivity contribution in [3.63, 3.8) is 0 Å². The molecule has 2 aromatic carbocycles. The lowest BCUT2D eigenvalue weighted by atomic mass is 10.0. The van der Waals surface area contributed by atoms with E-state index in [0.29, 0.717) is 35.3 Å². The molecule has 5 aromatic rings. The van der Waals surface area contributed by atoms with E-state index in [1.54, 1.807) is 11.6 Å². The third-order valence-electron chi connectivity index (χ3n) is 6.18. The summed E-state index contributed by atoms with van der Waals surface area (Å²) in [5.74, 6) is 1.79. The van der Waals surface area contributed by atoms with Crippen molar-refractivity contribution in [3.8, 4) is 5.82 Å². The number of hydrogen-bond acceptors (Lipinski definition) is 7. The van der Waals surface area contributed by atoms with Gasteiger partial charge in [-0.3, -0.25) is 0 Å². The van der Waals surface area contributed by atoms with Crippen molar-refractivity contribution >= 4 is 28.5 Å². The minimum atomic E-state index is -0.471. The highest BCUT2D eigenvalue weighted by Crippen LogP contribution is 2.29. The molecule has 0 atom stereocenters. The van der Waals surface area contributed by atoms with Crippen LogP contribution in [0, 0.1) is 20.8 Å². The second kappa shape index (κ2) is 10.2. The van der Waals surface area contributed by atoms with Gasteiger partial charge in [-0.25, -0.2) is 19.7 Å². The van der Waals surface area contributed by atoms with Crippen LogP contribution in [0.25, 0.3) is 16.7 Å². The Kier molecular flexibility index (Phi) is 6.64. The Hall–Kier alpha value is -4.59. The van der Waals surface area contributed by atoms with E-state index in [2.05, 4.69) is 27.5 Å². The normalized spacial score (nSPS) is 11.0. The first-order valence-electron chi connectivity index (χ1n) is 12.2. The van der Waals surface area contributed by atoms with E-state index in [0.717, 1.165) is 33.3 Å². The molecule has 0 fully saturated rings. The first-order chi connectivity index (χ1) is 17.9. The molecule has 3 heterocycles. The van der Waals surface area contributed by atoms with Crippen LogP contribution in [0.1, 0.15) is 45.5 Å². The number of benzene rings is 2. The Morgan fingerprint density at radius 2 is 1.73 bits per heavy atom. The number of aromatic nitrogens is 5. The maximum atomic E-state index is 12.9. The van der Waals surface area contributed by atoms with Gasteiger partial charge in [0.15, 0.2) is 11.6 Å². The van der Waals surface area contributed by atoms with Crippen LogP contribution in [0.5, 0.6) is 0 Å².